The SMILES string of the molecule is N[C@@H]1CCN(c2nc(-c3cccc(F)c3F)c3ccc(F)cc3n2)C1. The molecule has 0 bridgehead atoms. The first-order valence-electron chi connectivity index (χ1n) is 7.95. The summed E-state index contributed by atoms with van der Waals surface area (Å²) in [5, 5.41) is 0.457. The first-order chi connectivity index (χ1) is 12.0. The molecule has 4 rings (SSSR count). The van der Waals surface area contributed by atoms with Gasteiger partial charge in [-0.25, -0.2) is 23.1 Å². The van der Waals surface area contributed by atoms with Crippen LogP contribution in [0.5, 0.6) is 0 Å². The van der Waals surface area contributed by atoms with Gasteiger partial charge in [0.25, 0.3) is 0 Å². The summed E-state index contributed by atoms with van der Waals surface area (Å²) in [7, 11) is 0. The molecule has 0 unspecified atom stereocenters. The van der Waals surface area contributed by atoms with Crippen molar-refractivity contribution in [2.45, 2.75) is 12.5 Å². The van der Waals surface area contributed by atoms with Crippen molar-refractivity contribution in [3.8, 4) is 11.3 Å². The molecule has 0 amide bonds. The van der Waals surface area contributed by atoms with E-state index in [1.54, 1.807) is 0 Å². The van der Waals surface area contributed by atoms with Crippen LogP contribution < -0.4 is 10.6 Å². The zero-order valence-electron chi connectivity index (χ0n) is 13.2. The minimum atomic E-state index is -0.990. The van der Waals surface area contributed by atoms with Crippen LogP contribution in [0.3, 0.4) is 0 Å². The van der Waals surface area contributed by atoms with Gasteiger partial charge >= 0.3 is 0 Å². The number of benzene rings is 2. The lowest BCUT2D eigenvalue weighted by Gasteiger charge is -2.18. The van der Waals surface area contributed by atoms with E-state index in [2.05, 4.69) is 9.97 Å². The molecule has 0 radical (unpaired) electrons. The van der Waals surface area contributed by atoms with Gasteiger partial charge < -0.3 is 10.6 Å². The van der Waals surface area contributed by atoms with Crippen molar-refractivity contribution < 1.29 is 13.2 Å². The second-order valence-electron chi connectivity index (χ2n) is 6.13. The highest BCUT2D eigenvalue weighted by atomic mass is 19.2. The standard InChI is InChI=1S/C18H15F3N4/c19-10-4-5-12-15(8-10)23-18(25-7-6-11(22)9-25)24-17(12)13-2-1-3-14(20)16(13)21/h1-5,8,11H,6-7,9,22H2/t11-/m1/s1. The third-order valence-corrected chi connectivity index (χ3v) is 4.36. The van der Waals surface area contributed by atoms with Gasteiger partial charge in [-0.2, -0.15) is 0 Å². The van der Waals surface area contributed by atoms with Crippen molar-refractivity contribution in [3.63, 3.8) is 0 Å². The number of hydrogen-bond donors (Lipinski definition) is 1. The number of hydrogen-bond acceptors (Lipinski definition) is 4. The molecule has 4 nitrogen and oxygen atoms in total. The van der Waals surface area contributed by atoms with E-state index in [0.29, 0.717) is 29.9 Å². The van der Waals surface area contributed by atoms with E-state index in [-0.39, 0.29) is 17.3 Å². The fraction of sp³-hybridized carbons (Fsp3) is 0.222. The third-order valence-electron chi connectivity index (χ3n) is 4.36. The van der Waals surface area contributed by atoms with Crippen molar-refractivity contribution >= 4 is 16.9 Å². The molecular weight excluding hydrogens is 329 g/mol. The van der Waals surface area contributed by atoms with Crippen LogP contribution in [0, 0.1) is 17.5 Å². The van der Waals surface area contributed by atoms with Crippen LogP contribution in [0.25, 0.3) is 22.2 Å². The molecule has 1 aliphatic heterocycles. The highest BCUT2D eigenvalue weighted by Gasteiger charge is 2.24. The Labute approximate surface area is 142 Å². The lowest BCUT2D eigenvalue weighted by molar-refractivity contribution is 0.511. The summed E-state index contributed by atoms with van der Waals surface area (Å²) in [5.41, 5.74) is 6.51. The van der Waals surface area contributed by atoms with E-state index in [1.807, 2.05) is 4.90 Å². The molecule has 0 saturated carbocycles. The molecule has 1 fully saturated rings. The van der Waals surface area contributed by atoms with Crippen LogP contribution in [0.2, 0.25) is 0 Å². The molecule has 1 saturated heterocycles. The van der Waals surface area contributed by atoms with E-state index < -0.39 is 17.5 Å². The van der Waals surface area contributed by atoms with Crippen LogP contribution >= 0.6 is 0 Å². The van der Waals surface area contributed by atoms with Crippen LogP contribution in [0.1, 0.15) is 6.42 Å². The maximum absolute atomic E-state index is 14.3. The van der Waals surface area contributed by atoms with Crippen molar-refractivity contribution in [2.24, 2.45) is 5.73 Å². The number of nitrogens with zero attached hydrogens (tertiary/aromatic N) is 3. The van der Waals surface area contributed by atoms with Crippen LogP contribution in [-0.4, -0.2) is 29.1 Å². The van der Waals surface area contributed by atoms with Gasteiger partial charge in [0.15, 0.2) is 11.6 Å². The molecule has 0 aliphatic carbocycles. The Balaban J connectivity index is 1.96. The van der Waals surface area contributed by atoms with Gasteiger partial charge in [0, 0.05) is 36.1 Å². The highest BCUT2D eigenvalue weighted by Crippen LogP contribution is 2.31. The Morgan fingerprint density at radius 2 is 1.92 bits per heavy atom. The minimum absolute atomic E-state index is 0.00108. The number of anilines is 1. The second kappa shape index (κ2) is 6.00. The summed E-state index contributed by atoms with van der Waals surface area (Å²) < 4.78 is 41.7. The lowest BCUT2D eigenvalue weighted by Crippen LogP contribution is -2.27. The molecule has 128 valence electrons. The molecule has 2 heterocycles. The maximum Gasteiger partial charge on any atom is 0.226 e. The van der Waals surface area contributed by atoms with Crippen molar-refractivity contribution in [1.82, 2.24) is 9.97 Å². The predicted molar refractivity (Wildman–Crippen MR) is 89.7 cm³/mol. The van der Waals surface area contributed by atoms with E-state index >= 15 is 0 Å². The average Bonchev–Trinajstić information content (AvgIpc) is 3.02. The number of rotatable bonds is 2. The van der Waals surface area contributed by atoms with Gasteiger partial charge in [0.05, 0.1) is 11.2 Å². The number of halogens is 3. The fourth-order valence-electron chi connectivity index (χ4n) is 3.09. The fourth-order valence-corrected chi connectivity index (χ4v) is 3.09. The molecule has 2 N–H and O–H groups in total. The minimum Gasteiger partial charge on any atom is -0.339 e. The topological polar surface area (TPSA) is 55.0 Å². The zero-order valence-corrected chi connectivity index (χ0v) is 13.2. The van der Waals surface area contributed by atoms with Gasteiger partial charge in [-0.3, -0.25) is 0 Å². The Morgan fingerprint density at radius 1 is 1.08 bits per heavy atom. The van der Waals surface area contributed by atoms with Gasteiger partial charge in [0.2, 0.25) is 5.95 Å². The molecule has 25 heavy (non-hydrogen) atoms. The summed E-state index contributed by atoms with van der Waals surface area (Å²) in [6.07, 6.45) is 0.786. The Bertz CT molecular complexity index is 960. The molecule has 3 aromatic rings. The largest absolute Gasteiger partial charge is 0.339 e. The van der Waals surface area contributed by atoms with Crippen LogP contribution in [0.4, 0.5) is 19.1 Å². The summed E-state index contributed by atoms with van der Waals surface area (Å²) >= 11 is 0. The zero-order chi connectivity index (χ0) is 17.6. The van der Waals surface area contributed by atoms with E-state index in [1.165, 1.54) is 30.3 Å². The average molecular weight is 344 g/mol. The Morgan fingerprint density at radius 3 is 2.68 bits per heavy atom. The molecule has 1 aromatic heterocycles. The summed E-state index contributed by atoms with van der Waals surface area (Å²) in [6.45, 7) is 1.22. The van der Waals surface area contributed by atoms with Crippen LogP contribution in [0.15, 0.2) is 36.4 Å². The summed E-state index contributed by atoms with van der Waals surface area (Å²) in [6, 6.07) is 7.89. The van der Waals surface area contributed by atoms with Gasteiger partial charge in [-0.05, 0) is 30.7 Å². The molecule has 0 spiro atoms. The second-order valence-corrected chi connectivity index (χ2v) is 6.13. The number of aromatic nitrogens is 2. The summed E-state index contributed by atoms with van der Waals surface area (Å²) in [5.74, 6) is -2.07. The first kappa shape index (κ1) is 15.8. The first-order valence-corrected chi connectivity index (χ1v) is 7.95. The Kier molecular flexibility index (Phi) is 3.80. The van der Waals surface area contributed by atoms with E-state index in [9.17, 15) is 13.2 Å². The maximum atomic E-state index is 14.3. The van der Waals surface area contributed by atoms with Crippen molar-refractivity contribution in [1.29, 1.82) is 0 Å². The molecule has 2 aromatic carbocycles. The van der Waals surface area contributed by atoms with Crippen LogP contribution in [-0.2, 0) is 0 Å². The summed E-state index contributed by atoms with van der Waals surface area (Å²) in [4.78, 5) is 10.7. The lowest BCUT2D eigenvalue weighted by atomic mass is 10.1. The smallest absolute Gasteiger partial charge is 0.226 e. The van der Waals surface area contributed by atoms with Crippen molar-refractivity contribution in [3.05, 3.63) is 53.8 Å². The molecule has 7 heteroatoms. The predicted octanol–water partition coefficient (Wildman–Crippen LogP) is 3.25. The van der Waals surface area contributed by atoms with E-state index in [4.69, 9.17) is 5.73 Å². The number of fused-ring (bicyclic) bond motifs is 1. The normalized spacial score (nSPS) is 17.4. The molecule has 1 atom stereocenters. The van der Waals surface area contributed by atoms with Crippen molar-refractivity contribution in [2.75, 3.05) is 18.0 Å². The van der Waals surface area contributed by atoms with Gasteiger partial charge in [-0.15, -0.1) is 0 Å². The number of nitrogens with two attached hydrogens (primary N) is 1. The molecule has 1 aliphatic rings. The monoisotopic (exact) mass is 344 g/mol. The highest BCUT2D eigenvalue weighted by molar-refractivity contribution is 5.93. The molecular formula is C18H15F3N4. The van der Waals surface area contributed by atoms with E-state index in [0.717, 1.165) is 12.5 Å². The quantitative estimate of drug-likeness (QED) is 0.775. The van der Waals surface area contributed by atoms with Gasteiger partial charge in [0.1, 0.15) is 5.82 Å². The third kappa shape index (κ3) is 2.80. The Hall–Kier alpha value is -2.67. The van der Waals surface area contributed by atoms with Gasteiger partial charge in [-0.1, -0.05) is 6.07 Å².